The Kier molecular flexibility index (Phi) is 3.17. The van der Waals surface area contributed by atoms with Gasteiger partial charge in [-0.3, -0.25) is 4.79 Å². The van der Waals surface area contributed by atoms with Crippen LogP contribution < -0.4 is 11.1 Å². The molecule has 0 amide bonds. The van der Waals surface area contributed by atoms with E-state index in [2.05, 4.69) is 26.2 Å². The Balaban J connectivity index is 2.02. The van der Waals surface area contributed by atoms with Crippen molar-refractivity contribution in [2.45, 2.75) is 5.92 Å². The first kappa shape index (κ1) is 13.1. The number of nitrogens with zero attached hydrogens (tertiary/aromatic N) is 1. The van der Waals surface area contributed by atoms with Gasteiger partial charge in [-0.05, 0) is 34.1 Å². The van der Waals surface area contributed by atoms with E-state index >= 15 is 0 Å². The minimum atomic E-state index is -0.658. The van der Waals surface area contributed by atoms with Crippen LogP contribution in [0.3, 0.4) is 0 Å². The molecule has 0 aliphatic carbocycles. The number of benzene rings is 1. The molecular formula is C14H11BrFN3O. The van der Waals surface area contributed by atoms with Gasteiger partial charge in [0.05, 0.1) is 17.2 Å². The third kappa shape index (κ3) is 2.06. The molecule has 4 nitrogen and oxygen atoms in total. The molecule has 1 unspecified atom stereocenters. The summed E-state index contributed by atoms with van der Waals surface area (Å²) in [6.45, 7) is 0.409. The Morgan fingerprint density at radius 1 is 1.50 bits per heavy atom. The van der Waals surface area contributed by atoms with Gasteiger partial charge in [0.1, 0.15) is 5.82 Å². The number of nitrogens with two attached hydrogens (primary N) is 1. The van der Waals surface area contributed by atoms with Gasteiger partial charge >= 0.3 is 0 Å². The Morgan fingerprint density at radius 3 is 3.10 bits per heavy atom. The maximum absolute atomic E-state index is 14.0. The van der Waals surface area contributed by atoms with Gasteiger partial charge in [0, 0.05) is 22.8 Å². The van der Waals surface area contributed by atoms with Gasteiger partial charge in [0.2, 0.25) is 0 Å². The summed E-state index contributed by atoms with van der Waals surface area (Å²) < 4.78 is 14.8. The molecule has 20 heavy (non-hydrogen) atoms. The number of nitrogen functional groups attached to an aromatic ring is 1. The van der Waals surface area contributed by atoms with Crippen LogP contribution in [0.15, 0.2) is 34.9 Å². The van der Waals surface area contributed by atoms with Crippen molar-refractivity contribution >= 4 is 33.2 Å². The topological polar surface area (TPSA) is 68.0 Å². The van der Waals surface area contributed by atoms with Crippen molar-refractivity contribution < 1.29 is 9.18 Å². The standard InChI is InChI=1S/C14H11BrFN3O/c15-7-4-9-10(6-19-14(9)18-5-7)13(20)8-2-1-3-11(17)12(8)16/h1-5,10H,6,17H2,(H,18,19). The van der Waals surface area contributed by atoms with E-state index in [-0.39, 0.29) is 17.0 Å². The molecule has 3 rings (SSSR count). The SMILES string of the molecule is Nc1cccc(C(=O)C2CNc3ncc(Br)cc32)c1F. The summed E-state index contributed by atoms with van der Waals surface area (Å²) in [6, 6.07) is 6.30. The average molecular weight is 336 g/mol. The molecule has 1 aromatic carbocycles. The molecule has 3 N–H and O–H groups in total. The number of aromatic nitrogens is 1. The number of carbonyl (C=O) groups excluding carboxylic acids is 1. The van der Waals surface area contributed by atoms with Crippen LogP contribution in [0.1, 0.15) is 21.8 Å². The Morgan fingerprint density at radius 2 is 2.30 bits per heavy atom. The molecule has 0 saturated heterocycles. The van der Waals surface area contributed by atoms with Crippen molar-refractivity contribution in [2.24, 2.45) is 0 Å². The molecule has 102 valence electrons. The molecule has 2 heterocycles. The third-order valence-corrected chi connectivity index (χ3v) is 3.78. The predicted octanol–water partition coefficient (Wildman–Crippen LogP) is 2.96. The highest BCUT2D eigenvalue weighted by Crippen LogP contribution is 2.34. The lowest BCUT2D eigenvalue weighted by Gasteiger charge is -2.10. The molecule has 0 saturated carbocycles. The van der Waals surface area contributed by atoms with Crippen molar-refractivity contribution in [2.75, 3.05) is 17.6 Å². The second-order valence-electron chi connectivity index (χ2n) is 4.60. The van der Waals surface area contributed by atoms with Crippen LogP contribution >= 0.6 is 15.9 Å². The number of carbonyl (C=O) groups is 1. The number of nitrogens with one attached hydrogen (secondary N) is 1. The van der Waals surface area contributed by atoms with Crippen molar-refractivity contribution in [3.8, 4) is 0 Å². The van der Waals surface area contributed by atoms with Crippen LogP contribution in [0.4, 0.5) is 15.9 Å². The van der Waals surface area contributed by atoms with E-state index in [9.17, 15) is 9.18 Å². The molecule has 1 atom stereocenters. The molecule has 6 heteroatoms. The second-order valence-corrected chi connectivity index (χ2v) is 5.51. The monoisotopic (exact) mass is 335 g/mol. The van der Waals surface area contributed by atoms with Gasteiger partial charge in [0.25, 0.3) is 0 Å². The first-order valence-corrected chi connectivity index (χ1v) is 6.84. The summed E-state index contributed by atoms with van der Waals surface area (Å²) in [6.07, 6.45) is 1.65. The number of pyridine rings is 1. The highest BCUT2D eigenvalue weighted by molar-refractivity contribution is 9.10. The fraction of sp³-hybridized carbons (Fsp3) is 0.143. The molecule has 1 aromatic heterocycles. The van der Waals surface area contributed by atoms with Crippen LogP contribution in [-0.2, 0) is 0 Å². The van der Waals surface area contributed by atoms with Gasteiger partial charge in [-0.2, -0.15) is 0 Å². The second kappa shape index (κ2) is 4.86. The third-order valence-electron chi connectivity index (χ3n) is 3.34. The first-order valence-electron chi connectivity index (χ1n) is 6.05. The van der Waals surface area contributed by atoms with Crippen molar-refractivity contribution in [1.82, 2.24) is 4.98 Å². The lowest BCUT2D eigenvalue weighted by atomic mass is 9.93. The highest BCUT2D eigenvalue weighted by Gasteiger charge is 2.32. The molecule has 1 aliphatic rings. The van der Waals surface area contributed by atoms with Crippen LogP contribution in [0.5, 0.6) is 0 Å². The Hall–Kier alpha value is -1.95. The zero-order valence-corrected chi connectivity index (χ0v) is 11.9. The zero-order chi connectivity index (χ0) is 14.3. The van der Waals surface area contributed by atoms with Gasteiger partial charge in [-0.15, -0.1) is 0 Å². The fourth-order valence-corrected chi connectivity index (χ4v) is 2.69. The van der Waals surface area contributed by atoms with E-state index in [1.54, 1.807) is 12.3 Å². The summed E-state index contributed by atoms with van der Waals surface area (Å²) in [4.78, 5) is 16.7. The van der Waals surface area contributed by atoms with Crippen molar-refractivity contribution in [1.29, 1.82) is 0 Å². The van der Waals surface area contributed by atoms with E-state index in [4.69, 9.17) is 5.73 Å². The lowest BCUT2D eigenvalue weighted by molar-refractivity contribution is 0.0962. The molecule has 2 aromatic rings. The van der Waals surface area contributed by atoms with Crippen molar-refractivity contribution in [3.05, 3.63) is 51.9 Å². The molecule has 1 aliphatic heterocycles. The number of anilines is 2. The summed E-state index contributed by atoms with van der Waals surface area (Å²) >= 11 is 3.33. The number of rotatable bonds is 2. The Labute approximate surface area is 123 Å². The Bertz CT molecular complexity index is 705. The molecule has 0 radical (unpaired) electrons. The van der Waals surface area contributed by atoms with E-state index in [0.717, 1.165) is 10.0 Å². The summed E-state index contributed by atoms with van der Waals surface area (Å²) in [5.41, 5.74) is 6.28. The van der Waals surface area contributed by atoms with Crippen molar-refractivity contribution in [3.63, 3.8) is 0 Å². The average Bonchev–Trinajstić information content (AvgIpc) is 2.84. The van der Waals surface area contributed by atoms with E-state index in [1.165, 1.54) is 12.1 Å². The van der Waals surface area contributed by atoms with Gasteiger partial charge in [-0.25, -0.2) is 9.37 Å². The van der Waals surface area contributed by atoms with Gasteiger partial charge in [0.15, 0.2) is 11.6 Å². The zero-order valence-electron chi connectivity index (χ0n) is 10.4. The lowest BCUT2D eigenvalue weighted by Crippen LogP contribution is -2.16. The molecule has 0 spiro atoms. The molecule has 0 bridgehead atoms. The predicted molar refractivity (Wildman–Crippen MR) is 78.3 cm³/mol. The minimum absolute atomic E-state index is 0.0182. The number of halogens is 2. The van der Waals surface area contributed by atoms with Crippen LogP contribution in [-0.4, -0.2) is 17.3 Å². The largest absolute Gasteiger partial charge is 0.396 e. The number of Topliss-reactive ketones (excluding diaryl/α,β-unsaturated/α-hetero) is 1. The summed E-state index contributed by atoms with van der Waals surface area (Å²) in [5, 5.41) is 3.06. The highest BCUT2D eigenvalue weighted by atomic mass is 79.9. The summed E-state index contributed by atoms with van der Waals surface area (Å²) in [5.74, 6) is -0.739. The van der Waals surface area contributed by atoms with Crippen LogP contribution in [0.2, 0.25) is 0 Å². The first-order chi connectivity index (χ1) is 9.58. The quantitative estimate of drug-likeness (QED) is 0.654. The molecular weight excluding hydrogens is 325 g/mol. The maximum atomic E-state index is 14.0. The number of ketones is 1. The van der Waals surface area contributed by atoms with Gasteiger partial charge in [-0.1, -0.05) is 6.07 Å². The van der Waals surface area contributed by atoms with Crippen LogP contribution in [0, 0.1) is 5.82 Å². The smallest absolute Gasteiger partial charge is 0.175 e. The maximum Gasteiger partial charge on any atom is 0.175 e. The number of hydrogen-bond acceptors (Lipinski definition) is 4. The fourth-order valence-electron chi connectivity index (χ4n) is 2.34. The normalized spacial score (nSPS) is 16.6. The number of hydrogen-bond donors (Lipinski definition) is 2. The summed E-state index contributed by atoms with van der Waals surface area (Å²) in [7, 11) is 0. The minimum Gasteiger partial charge on any atom is -0.396 e. The van der Waals surface area contributed by atoms with E-state index in [0.29, 0.717) is 12.4 Å². The number of fused-ring (bicyclic) bond motifs is 1. The van der Waals surface area contributed by atoms with E-state index < -0.39 is 11.7 Å². The van der Waals surface area contributed by atoms with E-state index in [1.807, 2.05) is 6.07 Å². The van der Waals surface area contributed by atoms with Crippen LogP contribution in [0.25, 0.3) is 0 Å². The van der Waals surface area contributed by atoms with Gasteiger partial charge < -0.3 is 11.1 Å². The molecule has 0 fully saturated rings.